The summed E-state index contributed by atoms with van der Waals surface area (Å²) in [6, 6.07) is 0. The first-order valence-corrected chi connectivity index (χ1v) is 6.10. The van der Waals surface area contributed by atoms with Gasteiger partial charge in [0.15, 0.2) is 11.6 Å². The number of aromatic nitrogens is 2. The summed E-state index contributed by atoms with van der Waals surface area (Å²) in [6.45, 7) is 11.8. The van der Waals surface area contributed by atoms with Gasteiger partial charge >= 0.3 is 0 Å². The Bertz CT molecular complexity index is 672. The van der Waals surface area contributed by atoms with E-state index in [-0.39, 0.29) is 5.78 Å². The van der Waals surface area contributed by atoms with E-state index >= 15 is 0 Å². The van der Waals surface area contributed by atoms with Crippen LogP contribution in [0.1, 0.15) is 45.5 Å². The Morgan fingerprint density at radius 3 is 1.94 bits per heavy atom. The number of aryl methyl sites for hydroxylation is 3. The highest BCUT2D eigenvalue weighted by molar-refractivity contribution is 5.95. The zero-order chi connectivity index (χ0) is 13.6. The van der Waals surface area contributed by atoms with Crippen molar-refractivity contribution in [3.63, 3.8) is 0 Å². The first-order valence-electron chi connectivity index (χ1n) is 6.10. The molecule has 3 heteroatoms. The highest BCUT2D eigenvalue weighted by atomic mass is 16.1. The van der Waals surface area contributed by atoms with E-state index < -0.39 is 0 Å². The monoisotopic (exact) mass is 242 g/mol. The fraction of sp³-hybridized carbons (Fsp3) is 0.400. The molecule has 94 valence electrons. The second-order valence-electron chi connectivity index (χ2n) is 4.91. The van der Waals surface area contributed by atoms with Crippen LogP contribution in [0.5, 0.6) is 0 Å². The minimum absolute atomic E-state index is 0.0877. The van der Waals surface area contributed by atoms with Crippen LogP contribution in [0.2, 0.25) is 0 Å². The predicted molar refractivity (Wildman–Crippen MR) is 73.2 cm³/mol. The summed E-state index contributed by atoms with van der Waals surface area (Å²) >= 11 is 0. The van der Waals surface area contributed by atoms with E-state index in [4.69, 9.17) is 0 Å². The summed E-state index contributed by atoms with van der Waals surface area (Å²) in [6.07, 6.45) is 0. The summed E-state index contributed by atoms with van der Waals surface area (Å²) in [5.41, 5.74) is 6.67. The zero-order valence-electron chi connectivity index (χ0n) is 11.8. The normalized spacial score (nSPS) is 11.0. The quantitative estimate of drug-likeness (QED) is 0.720. The Hall–Kier alpha value is -1.77. The van der Waals surface area contributed by atoms with Crippen LogP contribution in [0.4, 0.5) is 0 Å². The van der Waals surface area contributed by atoms with Crippen molar-refractivity contribution < 1.29 is 4.79 Å². The number of fused-ring (bicyclic) bond motifs is 1. The molecule has 18 heavy (non-hydrogen) atoms. The van der Waals surface area contributed by atoms with Gasteiger partial charge in [0, 0.05) is 18.0 Å². The van der Waals surface area contributed by atoms with Crippen LogP contribution in [0.25, 0.3) is 10.9 Å². The van der Waals surface area contributed by atoms with Crippen LogP contribution in [0, 0.1) is 34.6 Å². The topological polar surface area (TPSA) is 42.9 Å². The van der Waals surface area contributed by atoms with Crippen molar-refractivity contribution >= 4 is 16.7 Å². The van der Waals surface area contributed by atoms with Crippen molar-refractivity contribution in [2.45, 2.75) is 41.5 Å². The molecule has 0 saturated heterocycles. The Balaban J connectivity index is 3.02. The van der Waals surface area contributed by atoms with Gasteiger partial charge in [0.1, 0.15) is 0 Å². The summed E-state index contributed by atoms with van der Waals surface area (Å²) in [4.78, 5) is 20.2. The fourth-order valence-corrected chi connectivity index (χ4v) is 2.38. The van der Waals surface area contributed by atoms with Gasteiger partial charge in [0.05, 0.1) is 5.52 Å². The number of ketones is 1. The van der Waals surface area contributed by atoms with Gasteiger partial charge in [-0.3, -0.25) is 4.79 Å². The first-order chi connectivity index (χ1) is 8.34. The molecule has 0 spiro atoms. The van der Waals surface area contributed by atoms with E-state index in [1.54, 1.807) is 0 Å². The number of hydrogen-bond acceptors (Lipinski definition) is 3. The molecule has 0 N–H and O–H groups in total. The number of rotatable bonds is 1. The fourth-order valence-electron chi connectivity index (χ4n) is 2.38. The molecule has 2 rings (SSSR count). The molecule has 0 amide bonds. The lowest BCUT2D eigenvalue weighted by atomic mass is 9.94. The molecule has 3 nitrogen and oxygen atoms in total. The number of carbonyl (C=O) groups excluding carboxylic acids is 1. The Labute approximate surface area is 107 Å². The Morgan fingerprint density at radius 2 is 1.39 bits per heavy atom. The number of hydrogen-bond donors (Lipinski definition) is 0. The van der Waals surface area contributed by atoms with E-state index in [0.717, 1.165) is 22.2 Å². The smallest absolute Gasteiger partial charge is 0.196 e. The van der Waals surface area contributed by atoms with E-state index in [9.17, 15) is 4.79 Å². The number of benzene rings is 1. The van der Waals surface area contributed by atoms with E-state index in [0.29, 0.717) is 5.82 Å². The van der Waals surface area contributed by atoms with Gasteiger partial charge < -0.3 is 0 Å². The van der Waals surface area contributed by atoms with Crippen molar-refractivity contribution in [1.29, 1.82) is 0 Å². The molecule has 0 aliphatic carbocycles. The molecule has 1 heterocycles. The summed E-state index contributed by atoms with van der Waals surface area (Å²) in [5, 5.41) is 1.08. The van der Waals surface area contributed by atoms with E-state index in [1.165, 1.54) is 23.6 Å². The molecule has 0 aliphatic rings. The predicted octanol–water partition coefficient (Wildman–Crippen LogP) is 3.37. The standard InChI is InChI=1S/C15H18N2O/c1-7-8(2)10(4)14-13(9(7)3)11(5)16-15(17-14)12(6)18/h1-6H3. The molecular weight excluding hydrogens is 224 g/mol. The maximum Gasteiger partial charge on any atom is 0.196 e. The molecular formula is C15H18N2O. The van der Waals surface area contributed by atoms with E-state index in [1.807, 2.05) is 6.92 Å². The number of nitrogens with zero attached hydrogens (tertiary/aromatic N) is 2. The van der Waals surface area contributed by atoms with Crippen molar-refractivity contribution in [1.82, 2.24) is 9.97 Å². The largest absolute Gasteiger partial charge is 0.291 e. The molecule has 0 atom stereocenters. The number of Topliss-reactive ketones (excluding diaryl/α,β-unsaturated/α-hetero) is 1. The second-order valence-corrected chi connectivity index (χ2v) is 4.91. The van der Waals surface area contributed by atoms with E-state index in [2.05, 4.69) is 37.7 Å². The molecule has 1 aromatic heterocycles. The molecule has 0 radical (unpaired) electrons. The van der Waals surface area contributed by atoms with Crippen molar-refractivity contribution in [3.8, 4) is 0 Å². The van der Waals surface area contributed by atoms with Gasteiger partial charge in [0.2, 0.25) is 0 Å². The van der Waals surface area contributed by atoms with Crippen molar-refractivity contribution in [2.75, 3.05) is 0 Å². The Morgan fingerprint density at radius 1 is 0.833 bits per heavy atom. The minimum Gasteiger partial charge on any atom is -0.291 e. The third kappa shape index (κ3) is 1.70. The van der Waals surface area contributed by atoms with Gasteiger partial charge in [-0.25, -0.2) is 9.97 Å². The molecule has 1 aromatic carbocycles. The average Bonchev–Trinajstić information content (AvgIpc) is 2.32. The van der Waals surface area contributed by atoms with Gasteiger partial charge in [-0.15, -0.1) is 0 Å². The lowest BCUT2D eigenvalue weighted by Crippen LogP contribution is -2.06. The molecule has 0 unspecified atom stereocenters. The van der Waals surface area contributed by atoms with Crippen LogP contribution in [-0.4, -0.2) is 15.8 Å². The lowest BCUT2D eigenvalue weighted by molar-refractivity contribution is 0.100. The molecule has 2 aromatic rings. The third-order valence-electron chi connectivity index (χ3n) is 3.82. The number of carbonyl (C=O) groups is 1. The van der Waals surface area contributed by atoms with Crippen molar-refractivity contribution in [2.24, 2.45) is 0 Å². The van der Waals surface area contributed by atoms with Crippen LogP contribution in [0.15, 0.2) is 0 Å². The van der Waals surface area contributed by atoms with Gasteiger partial charge in [-0.2, -0.15) is 0 Å². The van der Waals surface area contributed by atoms with Crippen molar-refractivity contribution in [3.05, 3.63) is 33.8 Å². The van der Waals surface area contributed by atoms with Gasteiger partial charge in [-0.1, -0.05) is 0 Å². The van der Waals surface area contributed by atoms with Gasteiger partial charge in [-0.05, 0) is 56.9 Å². The molecule has 0 aliphatic heterocycles. The van der Waals surface area contributed by atoms with Crippen LogP contribution in [-0.2, 0) is 0 Å². The average molecular weight is 242 g/mol. The second kappa shape index (κ2) is 4.16. The zero-order valence-corrected chi connectivity index (χ0v) is 11.8. The van der Waals surface area contributed by atoms with Crippen LogP contribution >= 0.6 is 0 Å². The highest BCUT2D eigenvalue weighted by Gasteiger charge is 2.15. The third-order valence-corrected chi connectivity index (χ3v) is 3.82. The lowest BCUT2D eigenvalue weighted by Gasteiger charge is -2.15. The van der Waals surface area contributed by atoms with Gasteiger partial charge in [0.25, 0.3) is 0 Å². The molecule has 0 saturated carbocycles. The maximum absolute atomic E-state index is 11.5. The maximum atomic E-state index is 11.5. The van der Waals surface area contributed by atoms with Crippen LogP contribution in [0.3, 0.4) is 0 Å². The minimum atomic E-state index is -0.0877. The molecule has 0 fully saturated rings. The SMILES string of the molecule is CC(=O)c1nc(C)c2c(C)c(C)c(C)c(C)c2n1. The highest BCUT2D eigenvalue weighted by Crippen LogP contribution is 2.29. The summed E-state index contributed by atoms with van der Waals surface area (Å²) in [7, 11) is 0. The van der Waals surface area contributed by atoms with Crippen LogP contribution < -0.4 is 0 Å². The summed E-state index contributed by atoms with van der Waals surface area (Å²) < 4.78 is 0. The summed E-state index contributed by atoms with van der Waals surface area (Å²) in [5.74, 6) is 0.223. The first kappa shape index (κ1) is 12.7. The molecule has 0 bridgehead atoms. The Kier molecular flexibility index (Phi) is 2.93.